The third-order valence-corrected chi connectivity index (χ3v) is 1.30. The van der Waals surface area contributed by atoms with Crippen LogP contribution >= 0.6 is 11.6 Å². The standard InChI is InChI=1S/C8H9ClN/c9-6-7-10-8-4-2-1-3-5-8/h1-5H,6-7H2. The number of hydrogen-bond acceptors (Lipinski definition) is 0. The van der Waals surface area contributed by atoms with E-state index >= 15 is 0 Å². The molecule has 0 saturated carbocycles. The third-order valence-electron chi connectivity index (χ3n) is 1.14. The van der Waals surface area contributed by atoms with Crippen molar-refractivity contribution in [3.05, 3.63) is 30.3 Å². The highest BCUT2D eigenvalue weighted by atomic mass is 35.5. The van der Waals surface area contributed by atoms with E-state index in [4.69, 9.17) is 11.6 Å². The zero-order valence-corrected chi connectivity index (χ0v) is 6.38. The minimum Gasteiger partial charge on any atom is -0.284 e. The topological polar surface area (TPSA) is 14.1 Å². The second kappa shape index (κ2) is 4.18. The van der Waals surface area contributed by atoms with E-state index in [0.29, 0.717) is 12.4 Å². The lowest BCUT2D eigenvalue weighted by Crippen LogP contribution is -1.99. The van der Waals surface area contributed by atoms with Gasteiger partial charge in [-0.15, -0.1) is 11.6 Å². The van der Waals surface area contributed by atoms with Crippen LogP contribution in [0.4, 0.5) is 5.69 Å². The molecule has 0 aliphatic heterocycles. The molecule has 1 nitrogen and oxygen atoms in total. The zero-order valence-electron chi connectivity index (χ0n) is 5.63. The van der Waals surface area contributed by atoms with Crippen molar-refractivity contribution < 1.29 is 0 Å². The van der Waals surface area contributed by atoms with Crippen LogP contribution in [0.15, 0.2) is 30.3 Å². The molecule has 2 heteroatoms. The number of alkyl halides is 1. The highest BCUT2D eigenvalue weighted by molar-refractivity contribution is 6.18. The maximum absolute atomic E-state index is 5.46. The molecule has 0 aliphatic carbocycles. The summed E-state index contributed by atoms with van der Waals surface area (Å²) in [6, 6.07) is 9.83. The van der Waals surface area contributed by atoms with Gasteiger partial charge in [0.15, 0.2) is 0 Å². The molecule has 1 radical (unpaired) electrons. The van der Waals surface area contributed by atoms with Crippen LogP contribution in [0.3, 0.4) is 0 Å². The van der Waals surface area contributed by atoms with Crippen LogP contribution in [0.2, 0.25) is 0 Å². The first-order valence-corrected chi connectivity index (χ1v) is 3.75. The van der Waals surface area contributed by atoms with Gasteiger partial charge in [0.25, 0.3) is 0 Å². The summed E-state index contributed by atoms with van der Waals surface area (Å²) in [4.78, 5) is 0. The monoisotopic (exact) mass is 154 g/mol. The summed E-state index contributed by atoms with van der Waals surface area (Å²) in [5.41, 5.74) is 1.00. The normalized spacial score (nSPS) is 9.30. The lowest BCUT2D eigenvalue weighted by molar-refractivity contribution is 0.918. The molecule has 0 aromatic heterocycles. The van der Waals surface area contributed by atoms with Crippen molar-refractivity contribution in [1.29, 1.82) is 0 Å². The summed E-state index contributed by atoms with van der Waals surface area (Å²) in [7, 11) is 0. The minimum absolute atomic E-state index is 0.592. The van der Waals surface area contributed by atoms with Crippen molar-refractivity contribution in [2.24, 2.45) is 0 Å². The number of halogens is 1. The lowest BCUT2D eigenvalue weighted by atomic mass is 10.3. The van der Waals surface area contributed by atoms with Crippen molar-refractivity contribution >= 4 is 17.3 Å². The number of rotatable bonds is 3. The zero-order chi connectivity index (χ0) is 7.23. The molecule has 1 aromatic carbocycles. The maximum Gasteiger partial charge on any atom is 0.0574 e. The minimum atomic E-state index is 0.592. The van der Waals surface area contributed by atoms with Gasteiger partial charge in [0.1, 0.15) is 0 Å². The molecule has 0 N–H and O–H groups in total. The molecule has 10 heavy (non-hydrogen) atoms. The Balaban J connectivity index is 2.43. The van der Waals surface area contributed by atoms with E-state index in [1.54, 1.807) is 0 Å². The van der Waals surface area contributed by atoms with E-state index in [1.807, 2.05) is 30.3 Å². The average molecular weight is 155 g/mol. The summed E-state index contributed by atoms with van der Waals surface area (Å²) in [6.45, 7) is 0.700. The first kappa shape index (κ1) is 7.42. The quantitative estimate of drug-likeness (QED) is 0.593. The molecule has 0 amide bonds. The Kier molecular flexibility index (Phi) is 3.10. The molecule has 0 unspecified atom stereocenters. The van der Waals surface area contributed by atoms with Crippen molar-refractivity contribution in [3.8, 4) is 0 Å². The van der Waals surface area contributed by atoms with Gasteiger partial charge in [-0.3, -0.25) is 5.32 Å². The molecule has 0 saturated heterocycles. The van der Waals surface area contributed by atoms with E-state index in [1.165, 1.54) is 0 Å². The van der Waals surface area contributed by atoms with Gasteiger partial charge in [-0.1, -0.05) is 18.2 Å². The summed E-state index contributed by atoms with van der Waals surface area (Å²) in [5.74, 6) is 0.592. The van der Waals surface area contributed by atoms with E-state index < -0.39 is 0 Å². The number of benzene rings is 1. The summed E-state index contributed by atoms with van der Waals surface area (Å²) >= 11 is 5.46. The Morgan fingerprint density at radius 1 is 1.20 bits per heavy atom. The van der Waals surface area contributed by atoms with Gasteiger partial charge in [0.05, 0.1) is 12.2 Å². The summed E-state index contributed by atoms with van der Waals surface area (Å²) < 4.78 is 0. The van der Waals surface area contributed by atoms with Crippen molar-refractivity contribution in [1.82, 2.24) is 5.32 Å². The average Bonchev–Trinajstić information content (AvgIpc) is 2.03. The SMILES string of the molecule is ClCC[N]c1ccccc1. The Hall–Kier alpha value is -0.690. The second-order valence-electron chi connectivity index (χ2n) is 1.91. The van der Waals surface area contributed by atoms with Gasteiger partial charge in [-0.25, -0.2) is 0 Å². The van der Waals surface area contributed by atoms with E-state index in [-0.39, 0.29) is 0 Å². The Bertz CT molecular complexity index is 174. The van der Waals surface area contributed by atoms with Crippen molar-refractivity contribution in [3.63, 3.8) is 0 Å². The number of para-hydroxylation sites is 1. The molecule has 1 rings (SSSR count). The van der Waals surface area contributed by atoms with Crippen LogP contribution in [0.1, 0.15) is 0 Å². The fourth-order valence-corrected chi connectivity index (χ4v) is 0.789. The van der Waals surface area contributed by atoms with Gasteiger partial charge >= 0.3 is 0 Å². The third kappa shape index (κ3) is 2.28. The van der Waals surface area contributed by atoms with Crippen molar-refractivity contribution in [2.45, 2.75) is 0 Å². The lowest BCUT2D eigenvalue weighted by Gasteiger charge is -1.97. The molecule has 0 atom stereocenters. The van der Waals surface area contributed by atoms with Gasteiger partial charge in [-0.05, 0) is 12.1 Å². The fraction of sp³-hybridized carbons (Fsp3) is 0.250. The molecular weight excluding hydrogens is 146 g/mol. The van der Waals surface area contributed by atoms with Crippen LogP contribution in [0.5, 0.6) is 0 Å². The van der Waals surface area contributed by atoms with Gasteiger partial charge < -0.3 is 0 Å². The fourth-order valence-electron chi connectivity index (χ4n) is 0.705. The molecule has 53 valence electrons. The van der Waals surface area contributed by atoms with Crippen LogP contribution < -0.4 is 5.32 Å². The van der Waals surface area contributed by atoms with E-state index in [9.17, 15) is 0 Å². The highest BCUT2D eigenvalue weighted by Crippen LogP contribution is 2.03. The van der Waals surface area contributed by atoms with Gasteiger partial charge in [0, 0.05) is 5.88 Å². The first-order chi connectivity index (χ1) is 4.93. The van der Waals surface area contributed by atoms with E-state index in [2.05, 4.69) is 5.32 Å². The van der Waals surface area contributed by atoms with E-state index in [0.717, 1.165) is 5.69 Å². The van der Waals surface area contributed by atoms with Crippen LogP contribution in [0.25, 0.3) is 0 Å². The number of hydrogen-bond donors (Lipinski definition) is 0. The molecule has 0 aliphatic rings. The van der Waals surface area contributed by atoms with Crippen molar-refractivity contribution in [2.75, 3.05) is 12.4 Å². The first-order valence-electron chi connectivity index (χ1n) is 3.22. The molecule has 0 fully saturated rings. The Labute approximate surface area is 66.0 Å². The molecule has 1 aromatic rings. The van der Waals surface area contributed by atoms with Gasteiger partial charge in [-0.2, -0.15) is 0 Å². The Morgan fingerprint density at radius 3 is 2.50 bits per heavy atom. The van der Waals surface area contributed by atoms with Crippen LogP contribution in [0, 0.1) is 0 Å². The van der Waals surface area contributed by atoms with Crippen LogP contribution in [-0.4, -0.2) is 12.4 Å². The molecular formula is C8H9ClN. The smallest absolute Gasteiger partial charge is 0.0574 e. The van der Waals surface area contributed by atoms with Gasteiger partial charge in [0.2, 0.25) is 0 Å². The van der Waals surface area contributed by atoms with Crippen LogP contribution in [-0.2, 0) is 0 Å². The summed E-state index contributed by atoms with van der Waals surface area (Å²) in [6.07, 6.45) is 0. The highest BCUT2D eigenvalue weighted by Gasteiger charge is 1.87. The predicted molar refractivity (Wildman–Crippen MR) is 43.8 cm³/mol. The molecule has 0 bridgehead atoms. The predicted octanol–water partition coefficient (Wildman–Crippen LogP) is 2.16. The largest absolute Gasteiger partial charge is 0.284 e. The summed E-state index contributed by atoms with van der Waals surface area (Å²) in [5, 5.41) is 4.19. The second-order valence-corrected chi connectivity index (χ2v) is 2.28. The number of nitrogens with zero attached hydrogens (tertiary/aromatic N) is 1. The molecule has 0 heterocycles. The molecule has 0 spiro atoms. The maximum atomic E-state index is 5.46. The Morgan fingerprint density at radius 2 is 1.90 bits per heavy atom.